The molecule has 0 fully saturated rings. The number of fused-ring (bicyclic) bond motifs is 2. The summed E-state index contributed by atoms with van der Waals surface area (Å²) in [4.78, 5) is 20.9. The zero-order valence-corrected chi connectivity index (χ0v) is 15.6. The number of hydrogen-bond donors (Lipinski definition) is 1. The minimum absolute atomic E-state index is 0.202. The van der Waals surface area contributed by atoms with Crippen molar-refractivity contribution < 1.29 is 9.53 Å². The highest BCUT2D eigenvalue weighted by Crippen LogP contribution is 2.21. The molecule has 0 aliphatic carbocycles. The lowest BCUT2D eigenvalue weighted by Crippen LogP contribution is -2.27. The molecule has 0 bridgehead atoms. The van der Waals surface area contributed by atoms with Crippen LogP contribution in [0.4, 0.5) is 4.79 Å². The van der Waals surface area contributed by atoms with E-state index in [0.29, 0.717) is 5.65 Å². The normalized spacial score (nSPS) is 11.2. The lowest BCUT2D eigenvalue weighted by Gasteiger charge is -2.07. The van der Waals surface area contributed by atoms with E-state index in [1.807, 2.05) is 42.6 Å². The van der Waals surface area contributed by atoms with Crippen molar-refractivity contribution in [1.29, 1.82) is 0 Å². The van der Waals surface area contributed by atoms with Crippen LogP contribution in [-0.2, 0) is 13.0 Å². The molecule has 9 heteroatoms. The molecule has 138 valence electrons. The van der Waals surface area contributed by atoms with Crippen LogP contribution in [0.2, 0.25) is 5.15 Å². The lowest BCUT2D eigenvalue weighted by molar-refractivity contribution is 0.196. The molecule has 27 heavy (non-hydrogen) atoms. The van der Waals surface area contributed by atoms with Crippen LogP contribution in [0.5, 0.6) is 5.88 Å². The van der Waals surface area contributed by atoms with Crippen LogP contribution in [0.3, 0.4) is 0 Å². The van der Waals surface area contributed by atoms with Crippen molar-refractivity contribution >= 4 is 29.0 Å². The average Bonchev–Trinajstić information content (AvgIpc) is 3.24. The average molecular weight is 385 g/mol. The van der Waals surface area contributed by atoms with Crippen LogP contribution < -0.4 is 10.1 Å². The Kier molecular flexibility index (Phi) is 4.41. The van der Waals surface area contributed by atoms with Crippen LogP contribution in [0, 0.1) is 6.92 Å². The van der Waals surface area contributed by atoms with Crippen molar-refractivity contribution in [2.75, 3.05) is 0 Å². The van der Waals surface area contributed by atoms with Crippen molar-refractivity contribution in [2.45, 2.75) is 26.8 Å². The van der Waals surface area contributed by atoms with Gasteiger partial charge in [0.25, 0.3) is 0 Å². The minimum atomic E-state index is -0.624. The topological polar surface area (TPSA) is 85.8 Å². The number of rotatable bonds is 4. The van der Waals surface area contributed by atoms with Crippen molar-refractivity contribution in [1.82, 2.24) is 29.3 Å². The van der Waals surface area contributed by atoms with E-state index in [1.54, 1.807) is 6.20 Å². The Bertz CT molecular complexity index is 1150. The number of amides is 1. The number of carbonyl (C=O) groups excluding carboxylic acids is 1. The minimum Gasteiger partial charge on any atom is -0.391 e. The molecule has 0 atom stereocenters. The molecule has 8 nitrogen and oxygen atoms in total. The third kappa shape index (κ3) is 3.31. The molecular weight excluding hydrogens is 368 g/mol. The van der Waals surface area contributed by atoms with Crippen LogP contribution in [0.25, 0.3) is 11.3 Å². The van der Waals surface area contributed by atoms with Crippen LogP contribution in [-0.4, -0.2) is 30.1 Å². The quantitative estimate of drug-likeness (QED) is 0.546. The van der Waals surface area contributed by atoms with E-state index in [2.05, 4.69) is 20.4 Å². The number of carbonyl (C=O) groups is 1. The van der Waals surface area contributed by atoms with Gasteiger partial charge in [-0.05, 0) is 25.5 Å². The second-order valence-corrected chi connectivity index (χ2v) is 6.43. The number of imidazole rings is 1. The number of aromatic nitrogens is 5. The maximum atomic E-state index is 12.2. The van der Waals surface area contributed by atoms with Crippen LogP contribution in [0.15, 0.2) is 36.7 Å². The first kappa shape index (κ1) is 17.3. The van der Waals surface area contributed by atoms with Gasteiger partial charge in [-0.25, -0.2) is 14.8 Å². The fourth-order valence-electron chi connectivity index (χ4n) is 2.85. The Hall–Kier alpha value is -3.13. The highest BCUT2D eigenvalue weighted by Gasteiger charge is 2.14. The maximum absolute atomic E-state index is 12.2. The molecule has 4 aromatic rings. The second kappa shape index (κ2) is 6.88. The molecule has 0 radical (unpaired) electrons. The highest BCUT2D eigenvalue weighted by atomic mass is 35.5. The summed E-state index contributed by atoms with van der Waals surface area (Å²) in [5.41, 5.74) is 4.11. The lowest BCUT2D eigenvalue weighted by atomic mass is 10.3. The summed E-state index contributed by atoms with van der Waals surface area (Å²) < 4.78 is 8.80. The predicted molar refractivity (Wildman–Crippen MR) is 100 cm³/mol. The van der Waals surface area contributed by atoms with Crippen molar-refractivity contribution in [3.05, 3.63) is 58.8 Å². The van der Waals surface area contributed by atoms with Gasteiger partial charge < -0.3 is 14.5 Å². The number of hydrogen-bond acceptors (Lipinski definition) is 5. The van der Waals surface area contributed by atoms with Crippen molar-refractivity contribution in [3.63, 3.8) is 0 Å². The number of aryl methyl sites for hydroxylation is 2. The molecule has 0 aromatic carbocycles. The SMILES string of the molecule is CCc1cnn2c(OC(=O)NCc3cn4c(C)cccc4n3)cc(Cl)nc12. The van der Waals surface area contributed by atoms with Gasteiger partial charge in [-0.2, -0.15) is 9.61 Å². The number of ether oxygens (including phenoxy) is 1. The van der Waals surface area contributed by atoms with Gasteiger partial charge in [0, 0.05) is 23.5 Å². The summed E-state index contributed by atoms with van der Waals surface area (Å²) >= 11 is 6.05. The number of nitrogens with one attached hydrogen (secondary N) is 1. The smallest absolute Gasteiger partial charge is 0.391 e. The molecule has 0 aliphatic heterocycles. The van der Waals surface area contributed by atoms with E-state index in [0.717, 1.165) is 29.0 Å². The molecule has 0 saturated carbocycles. The molecular formula is C18H17ClN6O2. The van der Waals surface area contributed by atoms with E-state index in [4.69, 9.17) is 16.3 Å². The Labute approximate surface area is 159 Å². The van der Waals surface area contributed by atoms with Gasteiger partial charge in [0.1, 0.15) is 10.8 Å². The van der Waals surface area contributed by atoms with Crippen molar-refractivity contribution in [2.24, 2.45) is 0 Å². The fourth-order valence-corrected chi connectivity index (χ4v) is 3.03. The first-order valence-corrected chi connectivity index (χ1v) is 8.85. The van der Waals surface area contributed by atoms with E-state index in [9.17, 15) is 4.79 Å². The van der Waals surface area contributed by atoms with Gasteiger partial charge in [-0.15, -0.1) is 0 Å². The zero-order chi connectivity index (χ0) is 19.0. The molecule has 1 amide bonds. The Balaban J connectivity index is 1.50. The maximum Gasteiger partial charge on any atom is 0.414 e. The van der Waals surface area contributed by atoms with Gasteiger partial charge in [0.15, 0.2) is 5.65 Å². The standard InChI is InChI=1S/C18H17ClN6O2/c1-3-12-8-21-25-16(7-14(19)23-17(12)25)27-18(26)20-9-13-10-24-11(2)5-4-6-15(24)22-13/h4-8,10H,3,9H2,1-2H3,(H,20,26). The Morgan fingerprint density at radius 2 is 2.19 bits per heavy atom. The third-order valence-electron chi connectivity index (χ3n) is 4.22. The fraction of sp³-hybridized carbons (Fsp3) is 0.222. The first-order valence-electron chi connectivity index (χ1n) is 8.47. The summed E-state index contributed by atoms with van der Waals surface area (Å²) in [5.74, 6) is 0.202. The molecule has 0 aliphatic rings. The molecule has 0 spiro atoms. The molecule has 0 saturated heterocycles. The summed E-state index contributed by atoms with van der Waals surface area (Å²) in [5, 5.41) is 7.14. The third-order valence-corrected chi connectivity index (χ3v) is 4.41. The van der Waals surface area contributed by atoms with Crippen molar-refractivity contribution in [3.8, 4) is 5.88 Å². The zero-order valence-electron chi connectivity index (χ0n) is 14.8. The first-order chi connectivity index (χ1) is 13.0. The van der Waals surface area contributed by atoms with E-state index in [1.165, 1.54) is 10.6 Å². The summed E-state index contributed by atoms with van der Waals surface area (Å²) in [6.07, 6.45) is 3.69. The van der Waals surface area contributed by atoms with Gasteiger partial charge >= 0.3 is 6.09 Å². The molecule has 1 N–H and O–H groups in total. The summed E-state index contributed by atoms with van der Waals surface area (Å²) in [6.45, 7) is 4.22. The van der Waals surface area contributed by atoms with Gasteiger partial charge in [-0.1, -0.05) is 24.6 Å². The van der Waals surface area contributed by atoms with Gasteiger partial charge in [-0.3, -0.25) is 0 Å². The Morgan fingerprint density at radius 1 is 1.33 bits per heavy atom. The number of pyridine rings is 1. The van der Waals surface area contributed by atoms with E-state index >= 15 is 0 Å². The molecule has 4 aromatic heterocycles. The number of nitrogens with zero attached hydrogens (tertiary/aromatic N) is 5. The molecule has 4 rings (SSSR count). The number of halogens is 1. The van der Waals surface area contributed by atoms with Gasteiger partial charge in [0.05, 0.1) is 18.4 Å². The van der Waals surface area contributed by atoms with Gasteiger partial charge in [0.2, 0.25) is 5.88 Å². The molecule has 4 heterocycles. The van der Waals surface area contributed by atoms with E-state index < -0.39 is 6.09 Å². The summed E-state index contributed by atoms with van der Waals surface area (Å²) in [7, 11) is 0. The van der Waals surface area contributed by atoms with Crippen LogP contribution >= 0.6 is 11.6 Å². The Morgan fingerprint density at radius 3 is 2.96 bits per heavy atom. The predicted octanol–water partition coefficient (Wildman–Crippen LogP) is 3.19. The molecule has 0 unspecified atom stereocenters. The monoisotopic (exact) mass is 384 g/mol. The largest absolute Gasteiger partial charge is 0.414 e. The summed E-state index contributed by atoms with van der Waals surface area (Å²) in [6, 6.07) is 7.30. The second-order valence-electron chi connectivity index (χ2n) is 6.05. The van der Waals surface area contributed by atoms with E-state index in [-0.39, 0.29) is 17.6 Å². The van der Waals surface area contributed by atoms with Crippen LogP contribution in [0.1, 0.15) is 23.9 Å². The highest BCUT2D eigenvalue weighted by molar-refractivity contribution is 6.29.